The molecule has 3 amide bonds. The van der Waals surface area contributed by atoms with Gasteiger partial charge in [-0.15, -0.1) is 0 Å². The van der Waals surface area contributed by atoms with Gasteiger partial charge in [0.15, 0.2) is 22.6 Å². The fraction of sp³-hybridized carbons (Fsp3) is 0.306. The summed E-state index contributed by atoms with van der Waals surface area (Å²) < 4.78 is 102. The van der Waals surface area contributed by atoms with E-state index in [2.05, 4.69) is 59.6 Å². The van der Waals surface area contributed by atoms with Crippen LogP contribution in [0, 0.1) is 35.0 Å². The number of halogens is 9. The number of piperazine rings is 3. The predicted octanol–water partition coefficient (Wildman–Crippen LogP) is 17.1. The summed E-state index contributed by atoms with van der Waals surface area (Å²) in [5, 5.41) is 11.9. The van der Waals surface area contributed by atoms with E-state index in [-0.39, 0.29) is 183 Å². The number of imidazole rings is 3. The maximum absolute atomic E-state index is 16.3. The second kappa shape index (κ2) is 37.2. The highest BCUT2D eigenvalue weighted by molar-refractivity contribution is 6.35. The molecule has 3 aliphatic rings. The van der Waals surface area contributed by atoms with Gasteiger partial charge in [0.25, 0.3) is 0 Å². The van der Waals surface area contributed by atoms with Crippen LogP contribution in [0.15, 0.2) is 168 Å². The van der Waals surface area contributed by atoms with Crippen LogP contribution in [-0.4, -0.2) is 190 Å². The van der Waals surface area contributed by atoms with Gasteiger partial charge >= 0.3 is 17.1 Å². The Hall–Kier alpha value is -14.2. The number of hydrogen-bond donors (Lipinski definition) is 1. The lowest BCUT2D eigenvalue weighted by molar-refractivity contribution is -0.129. The molecule has 10 aromatic heterocycles. The van der Waals surface area contributed by atoms with E-state index in [4.69, 9.17) is 44.8 Å². The van der Waals surface area contributed by atoms with E-state index >= 15 is 26.3 Å². The summed E-state index contributed by atoms with van der Waals surface area (Å²) in [7, 11) is 5.22. The molecular formula is C98H95Cl3F6N22O7. The van der Waals surface area contributed by atoms with Crippen molar-refractivity contribution in [3.63, 3.8) is 0 Å². The summed E-state index contributed by atoms with van der Waals surface area (Å²) in [5.41, 5.74) is 1.71. The summed E-state index contributed by atoms with van der Waals surface area (Å²) in [6.45, 7) is 35.5. The average molecular weight is 1910 g/mol. The topological polar surface area (TPSA) is 301 Å². The molecule has 18 rings (SSSR count). The molecule has 136 heavy (non-hydrogen) atoms. The molecule has 1 N–H and O–H groups in total. The van der Waals surface area contributed by atoms with Gasteiger partial charge in [0, 0.05) is 137 Å². The molecule has 0 spiro atoms. The molecule has 3 fully saturated rings. The van der Waals surface area contributed by atoms with Crippen molar-refractivity contribution in [3.8, 4) is 56.6 Å². The van der Waals surface area contributed by atoms with Crippen molar-refractivity contribution in [2.45, 2.75) is 137 Å². The Labute approximate surface area is 790 Å². The number of nitrogens with zero attached hydrogens (tertiary/aromatic N) is 22. The van der Waals surface area contributed by atoms with Crippen LogP contribution in [0.25, 0.3) is 117 Å². The molecule has 3 aliphatic heterocycles. The number of pyridine rings is 4. The van der Waals surface area contributed by atoms with Crippen LogP contribution in [0.4, 0.5) is 43.8 Å². The molecular weight excluding hydrogens is 1820 g/mol. The van der Waals surface area contributed by atoms with Gasteiger partial charge in [-0.25, -0.2) is 79.9 Å². The van der Waals surface area contributed by atoms with E-state index in [0.717, 1.165) is 19.8 Å². The standard InChI is InChI=1S/2C33H32ClF2N7O2.C32H31ClF2N8O3/c2*1-7-26(44)41-14-19(5)42(15-18(41)4)31-21-12-22(34)28(20-10-8-9-11-23(20)35)38-32(21)43(33(45)39-31)30-24(36)13-25-29(27(30)17(2)3)37-16-40(25)6;1-7-22(45)41-12-17(5)42(13-16(41)4)29-18-11-19(33)25(24-20(34)9-8-10-21(24)44)37-30(18)43(32(46)39-29)27-23(15(2)3)26-31(38-28(27)35)40(6)14-36-26/h2*7-13,16-19H,1,14-15H2,2-6H3;7-11,14-17,44H,1,12-13H2,2-6H3/t2*18-,19+;16-,17+/m111/s1. The summed E-state index contributed by atoms with van der Waals surface area (Å²) in [5.74, 6) is -5.24. The van der Waals surface area contributed by atoms with Crippen molar-refractivity contribution in [2.24, 2.45) is 21.1 Å². The number of carbonyl (C=O) groups excluding carboxylic acids is 3. The van der Waals surface area contributed by atoms with Gasteiger partial charge in [-0.1, -0.05) is 126 Å². The average Bonchev–Trinajstić information content (AvgIpc) is 1.12. The van der Waals surface area contributed by atoms with E-state index in [1.807, 2.05) is 97.8 Å². The number of benzene rings is 5. The fourth-order valence-electron chi connectivity index (χ4n) is 18.6. The first kappa shape index (κ1) is 95.0. The number of fused-ring (bicyclic) bond motifs is 6. The lowest BCUT2D eigenvalue weighted by Crippen LogP contribution is -2.58. The maximum Gasteiger partial charge on any atom is 0.356 e. The first-order chi connectivity index (χ1) is 64.7. The summed E-state index contributed by atoms with van der Waals surface area (Å²) in [6, 6.07) is 21.6. The molecule has 3 saturated heterocycles. The Bertz CT molecular complexity index is 7370. The third-order valence-electron chi connectivity index (χ3n) is 25.2. The van der Waals surface area contributed by atoms with Crippen molar-refractivity contribution in [3.05, 3.63) is 252 Å². The number of carbonyl (C=O) groups is 3. The van der Waals surface area contributed by atoms with E-state index in [1.165, 1.54) is 67.0 Å². The van der Waals surface area contributed by atoms with Crippen LogP contribution >= 0.6 is 34.8 Å². The second-order valence-electron chi connectivity index (χ2n) is 35.3. The molecule has 0 bridgehead atoms. The SMILES string of the molecule is C=CC(=O)N1C[C@H](C)N(c2nc(=O)n(-c3c(F)cc4c(ncn4C)c3C(C)C)c3nc(-c4ccccc4F)c(Cl)cc23)C[C@H]1C.C=CC(=O)N1C[C@H](C)N(c2nc(=O)n(-c3c(F)cc4c(ncn4C)c3C(C)C)c3nc(-c4ccccc4F)c(Cl)cc23)C[C@H]1C.C=CC(=O)N1C[C@H](C)N(c2nc(=O)n(-c3c(F)nc4c(ncn4C)c3C(C)C)c3nc(-c4c(O)cccc4F)c(Cl)cc23)C[C@H]1C. The second-order valence-corrected chi connectivity index (χ2v) is 36.5. The molecule has 6 atom stereocenters. The van der Waals surface area contributed by atoms with E-state index in [9.17, 15) is 33.9 Å². The molecule has 13 heterocycles. The van der Waals surface area contributed by atoms with Gasteiger partial charge in [-0.3, -0.25) is 14.4 Å². The molecule has 702 valence electrons. The minimum Gasteiger partial charge on any atom is -0.507 e. The van der Waals surface area contributed by atoms with Crippen molar-refractivity contribution in [1.29, 1.82) is 0 Å². The van der Waals surface area contributed by atoms with E-state index in [0.29, 0.717) is 94.3 Å². The number of anilines is 3. The zero-order chi connectivity index (χ0) is 97.8. The van der Waals surface area contributed by atoms with Crippen LogP contribution in [-0.2, 0) is 35.5 Å². The highest BCUT2D eigenvalue weighted by Gasteiger charge is 2.41. The fourth-order valence-corrected chi connectivity index (χ4v) is 19.4. The Morgan fingerprint density at radius 1 is 0.397 bits per heavy atom. The highest BCUT2D eigenvalue weighted by Crippen LogP contribution is 2.45. The van der Waals surface area contributed by atoms with Gasteiger partial charge in [0.1, 0.15) is 63.5 Å². The third-order valence-corrected chi connectivity index (χ3v) is 26.1. The van der Waals surface area contributed by atoms with E-state index in [1.54, 1.807) is 111 Å². The lowest BCUT2D eigenvalue weighted by atomic mass is 9.98. The van der Waals surface area contributed by atoms with Gasteiger partial charge in [-0.2, -0.15) is 24.3 Å². The largest absolute Gasteiger partial charge is 0.507 e. The summed E-state index contributed by atoms with van der Waals surface area (Å²) >= 11 is 20.3. The lowest BCUT2D eigenvalue weighted by Gasteiger charge is -2.44. The Balaban J connectivity index is 0.000000148. The molecule has 15 aromatic rings. The molecule has 38 heteroatoms. The zero-order valence-electron chi connectivity index (χ0n) is 76.9. The molecule has 0 aliphatic carbocycles. The molecule has 0 radical (unpaired) electrons. The summed E-state index contributed by atoms with van der Waals surface area (Å²) in [6.07, 6.45) is 8.50. The Morgan fingerprint density at radius 2 is 0.728 bits per heavy atom. The molecule has 29 nitrogen and oxygen atoms in total. The Morgan fingerprint density at radius 3 is 1.09 bits per heavy atom. The predicted molar refractivity (Wildman–Crippen MR) is 516 cm³/mol. The summed E-state index contributed by atoms with van der Waals surface area (Å²) in [4.78, 5) is 136. The Kier molecular flexibility index (Phi) is 26.0. The monoisotopic (exact) mass is 1910 g/mol. The first-order valence-electron chi connectivity index (χ1n) is 43.9. The number of aryl methyl sites for hydroxylation is 3. The van der Waals surface area contributed by atoms with Crippen molar-refractivity contribution in [1.82, 2.24) is 91.9 Å². The van der Waals surface area contributed by atoms with Crippen LogP contribution < -0.4 is 31.8 Å². The quantitative estimate of drug-likeness (QED) is 0.0566. The molecule has 0 saturated carbocycles. The maximum atomic E-state index is 16.3. The number of aromatic nitrogens is 16. The van der Waals surface area contributed by atoms with Crippen molar-refractivity contribution >= 4 is 136 Å². The van der Waals surface area contributed by atoms with Crippen LogP contribution in [0.2, 0.25) is 15.1 Å². The van der Waals surface area contributed by atoms with Gasteiger partial charge < -0.3 is 48.2 Å². The number of amides is 3. The normalized spacial score (nSPS) is 17.1. The number of hydrogen-bond acceptors (Lipinski definition) is 20. The smallest absolute Gasteiger partial charge is 0.356 e. The number of phenols is 1. The highest BCUT2D eigenvalue weighted by atomic mass is 35.5. The minimum atomic E-state index is -0.955. The first-order valence-corrected chi connectivity index (χ1v) is 45.1. The van der Waals surface area contributed by atoms with Crippen LogP contribution in [0.5, 0.6) is 5.75 Å². The minimum absolute atomic E-state index is 0.0256. The van der Waals surface area contributed by atoms with Gasteiger partial charge in [-0.05, 0) is 132 Å². The number of rotatable bonds is 15. The molecule has 5 aromatic carbocycles. The van der Waals surface area contributed by atoms with Gasteiger partial charge in [0.05, 0.1) is 106 Å². The van der Waals surface area contributed by atoms with Gasteiger partial charge in [0.2, 0.25) is 23.7 Å². The number of phenolic OH excluding ortho intramolecular Hbond substituents is 1. The molecule has 0 unspecified atom stereocenters. The van der Waals surface area contributed by atoms with E-state index < -0.39 is 57.9 Å². The number of aromatic hydroxyl groups is 1. The van der Waals surface area contributed by atoms with Crippen LogP contribution in [0.3, 0.4) is 0 Å². The van der Waals surface area contributed by atoms with Crippen LogP contribution in [0.1, 0.15) is 118 Å². The zero-order valence-corrected chi connectivity index (χ0v) is 79.2. The van der Waals surface area contributed by atoms with Crippen molar-refractivity contribution in [2.75, 3.05) is 54.0 Å². The third kappa shape index (κ3) is 16.6. The van der Waals surface area contributed by atoms with Crippen molar-refractivity contribution < 1.29 is 45.8 Å².